The summed E-state index contributed by atoms with van der Waals surface area (Å²) in [6.07, 6.45) is 9.07. The number of pyridine rings is 1. The first-order valence-electron chi connectivity index (χ1n) is 12.5. The number of para-hydroxylation sites is 1. The molecule has 1 aromatic carbocycles. The van der Waals surface area contributed by atoms with Crippen LogP contribution in [0.4, 0.5) is 10.7 Å². The number of amides is 2. The van der Waals surface area contributed by atoms with Gasteiger partial charge in [0.05, 0.1) is 28.0 Å². The maximum Gasteiger partial charge on any atom is 0.290 e. The number of hydrogen-bond acceptors (Lipinski definition) is 9. The summed E-state index contributed by atoms with van der Waals surface area (Å²) in [5.74, 6) is 0.809. The molecule has 2 saturated heterocycles. The largest absolute Gasteiger partial charge is 0.341 e. The van der Waals surface area contributed by atoms with Crippen LogP contribution in [0.3, 0.4) is 0 Å². The van der Waals surface area contributed by atoms with Crippen LogP contribution >= 0.6 is 11.8 Å². The molecule has 0 radical (unpaired) electrons. The molecule has 2 fully saturated rings. The van der Waals surface area contributed by atoms with Crippen LogP contribution in [0.1, 0.15) is 24.1 Å². The Morgan fingerprint density at radius 1 is 1.13 bits per heavy atom. The number of anilines is 1. The van der Waals surface area contributed by atoms with E-state index in [-0.39, 0.29) is 11.1 Å². The Morgan fingerprint density at radius 3 is 2.79 bits per heavy atom. The molecule has 0 spiro atoms. The second-order valence-electron chi connectivity index (χ2n) is 9.37. The van der Waals surface area contributed by atoms with Gasteiger partial charge >= 0.3 is 0 Å². The number of nitrogens with zero attached hydrogens (tertiary/aromatic N) is 5. The monoisotopic (exact) mass is 526 g/mol. The fourth-order valence-corrected chi connectivity index (χ4v) is 5.49. The van der Waals surface area contributed by atoms with E-state index in [0.29, 0.717) is 22.5 Å². The van der Waals surface area contributed by atoms with Crippen molar-refractivity contribution in [2.24, 2.45) is 5.92 Å². The highest BCUT2D eigenvalue weighted by atomic mass is 32.2. The highest BCUT2D eigenvalue weighted by Crippen LogP contribution is 2.27. The van der Waals surface area contributed by atoms with Crippen LogP contribution in [-0.2, 0) is 11.3 Å². The number of H-pyrrole nitrogens is 1. The van der Waals surface area contributed by atoms with E-state index >= 15 is 0 Å². The summed E-state index contributed by atoms with van der Waals surface area (Å²) in [5.41, 5.74) is 4.67. The zero-order valence-corrected chi connectivity index (χ0v) is 21.4. The Bertz CT molecular complexity index is 1510. The predicted molar refractivity (Wildman–Crippen MR) is 147 cm³/mol. The number of hydrogen-bond donors (Lipinski definition) is 3. The molecule has 0 bridgehead atoms. The van der Waals surface area contributed by atoms with Gasteiger partial charge in [-0.25, -0.2) is 15.0 Å². The minimum absolute atomic E-state index is 0.349. The van der Waals surface area contributed by atoms with Crippen molar-refractivity contribution in [3.05, 3.63) is 71.2 Å². The van der Waals surface area contributed by atoms with Gasteiger partial charge in [-0.3, -0.25) is 20.0 Å². The van der Waals surface area contributed by atoms with E-state index in [2.05, 4.69) is 47.8 Å². The molecule has 4 aromatic rings. The van der Waals surface area contributed by atoms with Crippen molar-refractivity contribution in [1.29, 1.82) is 0 Å². The van der Waals surface area contributed by atoms with Crippen molar-refractivity contribution in [1.82, 2.24) is 35.8 Å². The Balaban J connectivity index is 1.06. The van der Waals surface area contributed by atoms with Gasteiger partial charge in [-0.15, -0.1) is 0 Å². The molecule has 0 atom stereocenters. The SMILES string of the molecule is O=C1NC(=O)C(=Cc2ccnc(N3CCC(CNCc4cc5ccccc5nc4-c4cn[nH]c4)CC3)n2)S1. The fraction of sp³-hybridized carbons (Fsp3) is 0.259. The number of fused-ring (bicyclic) bond motifs is 1. The molecule has 0 aliphatic carbocycles. The molecule has 5 heterocycles. The number of benzene rings is 1. The van der Waals surface area contributed by atoms with E-state index in [1.54, 1.807) is 18.3 Å². The van der Waals surface area contributed by atoms with E-state index < -0.39 is 0 Å². The number of carbonyl (C=O) groups excluding carboxylic acids is 2. The first kappa shape index (κ1) is 24.3. The average Bonchev–Trinajstić information content (AvgIpc) is 3.58. The summed E-state index contributed by atoms with van der Waals surface area (Å²) in [7, 11) is 0. The summed E-state index contributed by atoms with van der Waals surface area (Å²) < 4.78 is 0. The lowest BCUT2D eigenvalue weighted by Gasteiger charge is -2.32. The summed E-state index contributed by atoms with van der Waals surface area (Å²) in [6.45, 7) is 3.36. The topological polar surface area (TPSA) is 129 Å². The van der Waals surface area contributed by atoms with Gasteiger partial charge < -0.3 is 10.2 Å². The number of aromatic nitrogens is 5. The Labute approximate surface area is 223 Å². The Kier molecular flexibility index (Phi) is 6.84. The first-order valence-corrected chi connectivity index (χ1v) is 13.4. The van der Waals surface area contributed by atoms with Crippen LogP contribution in [0.25, 0.3) is 28.2 Å². The number of carbonyl (C=O) groups is 2. The van der Waals surface area contributed by atoms with Gasteiger partial charge in [0, 0.05) is 43.0 Å². The van der Waals surface area contributed by atoms with Crippen LogP contribution in [0, 0.1) is 5.92 Å². The van der Waals surface area contributed by atoms with Crippen molar-refractivity contribution in [3.8, 4) is 11.3 Å². The van der Waals surface area contributed by atoms with Crippen LogP contribution < -0.4 is 15.5 Å². The lowest BCUT2D eigenvalue weighted by Crippen LogP contribution is -2.38. The molecule has 38 heavy (non-hydrogen) atoms. The van der Waals surface area contributed by atoms with E-state index in [4.69, 9.17) is 4.98 Å². The van der Waals surface area contributed by atoms with E-state index in [1.807, 2.05) is 30.6 Å². The van der Waals surface area contributed by atoms with Gasteiger partial charge in [0.15, 0.2) is 0 Å². The average molecular weight is 527 g/mol. The van der Waals surface area contributed by atoms with Gasteiger partial charge in [0.2, 0.25) is 5.95 Å². The van der Waals surface area contributed by atoms with Crippen LogP contribution in [0.15, 0.2) is 59.9 Å². The minimum Gasteiger partial charge on any atom is -0.341 e. The quantitative estimate of drug-likeness (QED) is 0.308. The molecule has 11 heteroatoms. The number of piperidine rings is 1. The van der Waals surface area contributed by atoms with Crippen LogP contribution in [0.5, 0.6) is 0 Å². The van der Waals surface area contributed by atoms with E-state index in [1.165, 1.54) is 0 Å². The highest BCUT2D eigenvalue weighted by Gasteiger charge is 2.26. The molecule has 2 aliphatic rings. The van der Waals surface area contributed by atoms with Gasteiger partial charge in [0.1, 0.15) is 0 Å². The molecule has 10 nitrogen and oxygen atoms in total. The normalized spacial score (nSPS) is 17.5. The number of imide groups is 1. The minimum atomic E-state index is -0.384. The molecule has 2 amide bonds. The molecule has 2 aliphatic heterocycles. The summed E-state index contributed by atoms with van der Waals surface area (Å²) in [4.78, 5) is 39.7. The van der Waals surface area contributed by atoms with E-state index in [9.17, 15) is 9.59 Å². The van der Waals surface area contributed by atoms with Crippen molar-refractivity contribution in [2.45, 2.75) is 19.4 Å². The molecular formula is C27H26N8O2S. The lowest BCUT2D eigenvalue weighted by atomic mass is 9.96. The first-order chi connectivity index (χ1) is 18.6. The zero-order chi connectivity index (χ0) is 25.9. The third kappa shape index (κ3) is 5.29. The smallest absolute Gasteiger partial charge is 0.290 e. The van der Waals surface area contributed by atoms with Gasteiger partial charge in [0.25, 0.3) is 11.1 Å². The predicted octanol–water partition coefficient (Wildman–Crippen LogP) is 3.75. The third-order valence-electron chi connectivity index (χ3n) is 6.81. The maximum absolute atomic E-state index is 11.8. The van der Waals surface area contributed by atoms with Crippen molar-refractivity contribution in [3.63, 3.8) is 0 Å². The number of thioether (sulfide) groups is 1. The van der Waals surface area contributed by atoms with Crippen LogP contribution in [-0.4, -0.2) is 55.9 Å². The lowest BCUT2D eigenvalue weighted by molar-refractivity contribution is -0.115. The third-order valence-corrected chi connectivity index (χ3v) is 7.62. The fourth-order valence-electron chi connectivity index (χ4n) is 4.82. The molecule has 192 valence electrons. The maximum atomic E-state index is 11.8. The summed E-state index contributed by atoms with van der Waals surface area (Å²) in [6, 6.07) is 12.1. The van der Waals surface area contributed by atoms with Gasteiger partial charge in [-0.05, 0) is 66.9 Å². The second kappa shape index (κ2) is 10.7. The summed E-state index contributed by atoms with van der Waals surface area (Å²) in [5, 5.41) is 13.7. The highest BCUT2D eigenvalue weighted by molar-refractivity contribution is 8.18. The Morgan fingerprint density at radius 2 is 2.00 bits per heavy atom. The number of aromatic amines is 1. The molecule has 3 aromatic heterocycles. The molecule has 0 saturated carbocycles. The van der Waals surface area contributed by atoms with Gasteiger partial charge in [-0.2, -0.15) is 5.10 Å². The summed E-state index contributed by atoms with van der Waals surface area (Å²) >= 11 is 0.889. The van der Waals surface area contributed by atoms with Gasteiger partial charge in [-0.1, -0.05) is 18.2 Å². The second-order valence-corrected chi connectivity index (χ2v) is 10.4. The molecular weight excluding hydrogens is 500 g/mol. The van der Waals surface area contributed by atoms with Crippen molar-refractivity contribution >= 4 is 45.8 Å². The van der Waals surface area contributed by atoms with E-state index in [0.717, 1.165) is 78.5 Å². The van der Waals surface area contributed by atoms with Crippen molar-refractivity contribution < 1.29 is 9.59 Å². The molecule has 3 N–H and O–H groups in total. The molecule has 6 rings (SSSR count). The standard InChI is InChI=1S/C27H26N8O2S/c36-25-23(38-27(37)34-25)12-21-5-8-29-26(32-21)35-9-6-17(7-10-35)13-28-14-19-11-18-3-1-2-4-22(18)33-24(19)20-15-30-31-16-20/h1-5,8,11-12,15-17,28H,6-7,9-10,13-14H2,(H,30,31)(H,34,36,37). The van der Waals surface area contributed by atoms with Crippen molar-refractivity contribution in [2.75, 3.05) is 24.5 Å². The Hall–Kier alpha value is -4.09. The number of nitrogens with one attached hydrogen (secondary N) is 3. The van der Waals surface area contributed by atoms with Crippen LogP contribution in [0.2, 0.25) is 0 Å². The number of rotatable bonds is 7. The zero-order valence-electron chi connectivity index (χ0n) is 20.6. The molecule has 0 unspecified atom stereocenters.